The molecule has 0 saturated heterocycles. The van der Waals surface area contributed by atoms with Crippen LogP contribution in [0.15, 0.2) is 18.2 Å². The molecule has 0 aliphatic heterocycles. The van der Waals surface area contributed by atoms with E-state index in [0.29, 0.717) is 0 Å². The fourth-order valence-electron chi connectivity index (χ4n) is 1.69. The third-order valence-electron chi connectivity index (χ3n) is 2.35. The molecule has 0 saturated carbocycles. The Kier molecular flexibility index (Phi) is 1.53. The molecule has 0 unspecified atom stereocenters. The average molecular weight is 159 g/mol. The molecule has 1 nitrogen and oxygen atoms in total. The summed E-state index contributed by atoms with van der Waals surface area (Å²) in [5.41, 5.74) is 3.33. The van der Waals surface area contributed by atoms with E-state index in [2.05, 4.69) is 13.0 Å². The van der Waals surface area contributed by atoms with Gasteiger partial charge in [-0.3, -0.25) is 4.79 Å². The van der Waals surface area contributed by atoms with Gasteiger partial charge in [0.05, 0.1) is 0 Å². The van der Waals surface area contributed by atoms with Crippen LogP contribution in [0.3, 0.4) is 0 Å². The van der Waals surface area contributed by atoms with Gasteiger partial charge in [-0.15, -0.1) is 0 Å². The number of carbonyl (C=O) groups is 1. The van der Waals surface area contributed by atoms with Gasteiger partial charge < -0.3 is 0 Å². The first kappa shape index (κ1) is 7.53. The summed E-state index contributed by atoms with van der Waals surface area (Å²) < 4.78 is 0. The Morgan fingerprint density at radius 2 is 2.00 bits per heavy atom. The van der Waals surface area contributed by atoms with Crippen LogP contribution in [0.5, 0.6) is 0 Å². The van der Waals surface area contributed by atoms with Crippen LogP contribution in [0.25, 0.3) is 0 Å². The van der Waals surface area contributed by atoms with Gasteiger partial charge >= 0.3 is 0 Å². The lowest BCUT2D eigenvalue weighted by molar-refractivity contribution is 0.101. The smallest absolute Gasteiger partial charge is 0.170 e. The summed E-state index contributed by atoms with van der Waals surface area (Å²) >= 11 is 0. The van der Waals surface area contributed by atoms with Gasteiger partial charge in [0.15, 0.2) is 5.78 Å². The minimum absolute atomic E-state index is 0.227. The van der Waals surface area contributed by atoms with Crippen LogP contribution in [-0.4, -0.2) is 5.78 Å². The lowest BCUT2D eigenvalue weighted by atomic mass is 10.1. The van der Waals surface area contributed by atoms with Crippen molar-refractivity contribution in [3.8, 4) is 0 Å². The fraction of sp³-hybridized carbons (Fsp3) is 0.273. The highest BCUT2D eigenvalue weighted by Gasteiger charge is 2.26. The Morgan fingerprint density at radius 1 is 1.25 bits per heavy atom. The Morgan fingerprint density at radius 3 is 2.75 bits per heavy atom. The second kappa shape index (κ2) is 2.44. The van der Waals surface area contributed by atoms with Crippen molar-refractivity contribution in [3.05, 3.63) is 40.8 Å². The van der Waals surface area contributed by atoms with E-state index in [1.165, 1.54) is 11.1 Å². The molecule has 12 heavy (non-hydrogen) atoms. The molecule has 1 aliphatic carbocycles. The molecular weight excluding hydrogens is 148 g/mol. The van der Waals surface area contributed by atoms with Gasteiger partial charge in [-0.2, -0.15) is 0 Å². The quantitative estimate of drug-likeness (QED) is 0.567. The zero-order chi connectivity index (χ0) is 8.72. The van der Waals surface area contributed by atoms with Crippen molar-refractivity contribution in [2.24, 2.45) is 0 Å². The second-order valence-corrected chi connectivity index (χ2v) is 3.45. The molecule has 0 aromatic heterocycles. The molecule has 1 radical (unpaired) electrons. The largest absolute Gasteiger partial charge is 0.294 e. The van der Waals surface area contributed by atoms with E-state index in [1.54, 1.807) is 0 Å². The summed E-state index contributed by atoms with van der Waals surface area (Å²) in [5.74, 6) is 1.20. The van der Waals surface area contributed by atoms with Crippen molar-refractivity contribution in [1.82, 2.24) is 0 Å². The van der Waals surface area contributed by atoms with E-state index in [4.69, 9.17) is 0 Å². The number of ketones is 1. The standard InChI is InChI=1S/C11H11O/c1-7-3-4-10-9(5-7)6-8(2)11(10)12/h3-5H,6H2,1-2H3. The Balaban J connectivity index is 2.54. The first-order valence-corrected chi connectivity index (χ1v) is 4.15. The maximum atomic E-state index is 11.5. The summed E-state index contributed by atoms with van der Waals surface area (Å²) in [6.45, 7) is 3.97. The summed E-state index contributed by atoms with van der Waals surface area (Å²) in [6.07, 6.45) is 0.843. The van der Waals surface area contributed by atoms with Crippen LogP contribution >= 0.6 is 0 Å². The molecule has 0 bridgehead atoms. The summed E-state index contributed by atoms with van der Waals surface area (Å²) in [4.78, 5) is 11.5. The molecule has 1 aromatic rings. The summed E-state index contributed by atoms with van der Waals surface area (Å²) in [7, 11) is 0. The zero-order valence-corrected chi connectivity index (χ0v) is 7.35. The van der Waals surface area contributed by atoms with E-state index >= 15 is 0 Å². The van der Waals surface area contributed by atoms with Crippen LogP contribution in [0.1, 0.15) is 28.4 Å². The van der Waals surface area contributed by atoms with Crippen molar-refractivity contribution >= 4 is 5.78 Å². The molecule has 1 aromatic carbocycles. The number of hydrogen-bond acceptors (Lipinski definition) is 1. The predicted molar refractivity (Wildman–Crippen MR) is 48.1 cm³/mol. The molecule has 0 spiro atoms. The van der Waals surface area contributed by atoms with Gasteiger partial charge in [0.2, 0.25) is 0 Å². The Bertz CT molecular complexity index is 339. The van der Waals surface area contributed by atoms with E-state index in [0.717, 1.165) is 17.9 Å². The van der Waals surface area contributed by atoms with Gasteiger partial charge in [0.1, 0.15) is 0 Å². The van der Waals surface area contributed by atoms with Crippen LogP contribution in [-0.2, 0) is 6.42 Å². The summed E-state index contributed by atoms with van der Waals surface area (Å²) in [6, 6.07) is 6.03. The SMILES string of the molecule is C[C]1Cc2cc(C)ccc2C1=O. The van der Waals surface area contributed by atoms with Gasteiger partial charge in [-0.05, 0) is 18.9 Å². The maximum Gasteiger partial charge on any atom is 0.170 e. The Hall–Kier alpha value is -1.11. The van der Waals surface area contributed by atoms with Gasteiger partial charge in [0, 0.05) is 11.5 Å². The normalized spacial score (nSPS) is 16.7. The van der Waals surface area contributed by atoms with E-state index in [9.17, 15) is 4.79 Å². The van der Waals surface area contributed by atoms with Crippen molar-refractivity contribution in [2.75, 3.05) is 0 Å². The third kappa shape index (κ3) is 0.970. The molecule has 0 fully saturated rings. The van der Waals surface area contributed by atoms with Gasteiger partial charge in [-0.25, -0.2) is 0 Å². The van der Waals surface area contributed by atoms with E-state index in [-0.39, 0.29) is 5.78 Å². The zero-order valence-electron chi connectivity index (χ0n) is 7.35. The van der Waals surface area contributed by atoms with Crippen molar-refractivity contribution < 1.29 is 4.79 Å². The van der Waals surface area contributed by atoms with Crippen LogP contribution in [0, 0.1) is 12.8 Å². The Labute approximate surface area is 72.4 Å². The average Bonchev–Trinajstić information content (AvgIpc) is 2.28. The number of fused-ring (bicyclic) bond motifs is 1. The van der Waals surface area contributed by atoms with Crippen molar-refractivity contribution in [2.45, 2.75) is 20.3 Å². The maximum absolute atomic E-state index is 11.5. The molecular formula is C11H11O. The van der Waals surface area contributed by atoms with Crippen molar-refractivity contribution in [1.29, 1.82) is 0 Å². The van der Waals surface area contributed by atoms with E-state index in [1.807, 2.05) is 19.1 Å². The topological polar surface area (TPSA) is 17.1 Å². The van der Waals surface area contributed by atoms with Crippen LogP contribution in [0.2, 0.25) is 0 Å². The second-order valence-electron chi connectivity index (χ2n) is 3.45. The molecule has 2 rings (SSSR count). The predicted octanol–water partition coefficient (Wildman–Crippen LogP) is 2.33. The van der Waals surface area contributed by atoms with Crippen LogP contribution in [0.4, 0.5) is 0 Å². The van der Waals surface area contributed by atoms with Gasteiger partial charge in [-0.1, -0.05) is 30.7 Å². The minimum Gasteiger partial charge on any atom is -0.294 e. The van der Waals surface area contributed by atoms with Gasteiger partial charge in [0.25, 0.3) is 0 Å². The molecule has 0 N–H and O–H groups in total. The third-order valence-corrected chi connectivity index (χ3v) is 2.35. The highest BCUT2D eigenvalue weighted by atomic mass is 16.1. The molecule has 0 atom stereocenters. The van der Waals surface area contributed by atoms with Crippen LogP contribution < -0.4 is 0 Å². The lowest BCUT2D eigenvalue weighted by Gasteiger charge is -1.97. The number of benzene rings is 1. The first-order valence-electron chi connectivity index (χ1n) is 4.15. The molecule has 1 aliphatic rings. The van der Waals surface area contributed by atoms with Crippen molar-refractivity contribution in [3.63, 3.8) is 0 Å². The number of hydrogen-bond donors (Lipinski definition) is 0. The number of Topliss-reactive ketones (excluding diaryl/α,β-unsaturated/α-hetero) is 1. The van der Waals surface area contributed by atoms with E-state index < -0.39 is 0 Å². The number of aryl methyl sites for hydroxylation is 1. The highest BCUT2D eigenvalue weighted by Crippen LogP contribution is 2.28. The minimum atomic E-state index is 0.227. The highest BCUT2D eigenvalue weighted by molar-refractivity contribution is 6.10. The fourth-order valence-corrected chi connectivity index (χ4v) is 1.69. The molecule has 61 valence electrons. The lowest BCUT2D eigenvalue weighted by Crippen LogP contribution is -2.00. The monoisotopic (exact) mass is 159 g/mol. The number of carbonyl (C=O) groups excluding carboxylic acids is 1. The summed E-state index contributed by atoms with van der Waals surface area (Å²) in [5, 5.41) is 0. The first-order chi connectivity index (χ1) is 5.68. The molecule has 0 heterocycles. The molecule has 0 amide bonds. The molecule has 1 heteroatoms. The number of rotatable bonds is 0.